The molecule has 294 valence electrons. The maximum atomic E-state index is 11.4. The third kappa shape index (κ3) is 9.67. The largest absolute Gasteiger partial charge is 0.501 e. The molecule has 0 unspecified atom stereocenters. The smallest absolute Gasteiger partial charge is 0.314 e. The summed E-state index contributed by atoms with van der Waals surface area (Å²) in [5, 5.41) is 86.4. The number of hydrogen-bond donors (Lipinski definition) is 5. The van der Waals surface area contributed by atoms with E-state index in [1.807, 2.05) is 6.07 Å². The first-order chi connectivity index (χ1) is 26.4. The SMILES string of the molecule is Cc1nn(-c2cccc(Cl)c2)c(O)c1N=Nc1cc(S(=O)(=O)O)cc([N+](=O)[O-])c1O.Cc1nn(-c2ccccc2)c(O)c1N=Nc1cc(Cl)cc([N+](=O)[O-])c1O.[Cr]. The van der Waals surface area contributed by atoms with Crippen molar-refractivity contribution >= 4 is 67.4 Å². The Morgan fingerprint density at radius 3 is 1.61 bits per heavy atom. The van der Waals surface area contributed by atoms with Crippen LogP contribution in [-0.2, 0) is 27.5 Å². The number of nitrogens with zero attached hydrogens (tertiary/aromatic N) is 10. The van der Waals surface area contributed by atoms with Gasteiger partial charge in [0.05, 0.1) is 32.6 Å². The summed E-state index contributed by atoms with van der Waals surface area (Å²) in [5.74, 6) is -2.35. The van der Waals surface area contributed by atoms with Crippen molar-refractivity contribution in [1.29, 1.82) is 0 Å². The Balaban J connectivity index is 0.000000251. The van der Waals surface area contributed by atoms with E-state index in [2.05, 4.69) is 30.7 Å². The number of halogens is 2. The van der Waals surface area contributed by atoms with E-state index in [4.69, 9.17) is 27.8 Å². The molecule has 4 aromatic carbocycles. The van der Waals surface area contributed by atoms with Crippen molar-refractivity contribution in [3.05, 3.63) is 121 Å². The Labute approximate surface area is 340 Å². The van der Waals surface area contributed by atoms with E-state index in [1.165, 1.54) is 23.7 Å². The van der Waals surface area contributed by atoms with Crippen LogP contribution in [-0.4, -0.2) is 62.8 Å². The minimum absolute atomic E-state index is 0. The van der Waals surface area contributed by atoms with Gasteiger partial charge in [0.2, 0.25) is 23.3 Å². The van der Waals surface area contributed by atoms with Crippen molar-refractivity contribution in [2.45, 2.75) is 18.7 Å². The maximum Gasteiger partial charge on any atom is 0.314 e. The average molecular weight is 880 g/mol. The summed E-state index contributed by atoms with van der Waals surface area (Å²) in [6.45, 7) is 3.11. The Morgan fingerprint density at radius 2 is 1.12 bits per heavy atom. The first-order valence-corrected chi connectivity index (χ1v) is 17.4. The number of aromatic hydroxyl groups is 4. The van der Waals surface area contributed by atoms with Crippen LogP contribution in [0.15, 0.2) is 104 Å². The summed E-state index contributed by atoms with van der Waals surface area (Å²) in [6.07, 6.45) is 0. The number of aryl methyl sites for hydroxylation is 2. The number of phenolic OH excluding ortho intramolecular Hbond substituents is 2. The summed E-state index contributed by atoms with van der Waals surface area (Å²) in [4.78, 5) is 19.3. The Bertz CT molecular complexity index is 2690. The molecule has 0 aliphatic rings. The maximum absolute atomic E-state index is 11.4. The number of nitro benzene ring substituents is 2. The van der Waals surface area contributed by atoms with E-state index < -0.39 is 59.3 Å². The van der Waals surface area contributed by atoms with Gasteiger partial charge >= 0.3 is 11.4 Å². The fourth-order valence-electron chi connectivity index (χ4n) is 4.72. The van der Waals surface area contributed by atoms with Crippen molar-refractivity contribution in [2.24, 2.45) is 20.5 Å². The van der Waals surface area contributed by atoms with Crippen molar-refractivity contribution in [3.63, 3.8) is 0 Å². The fraction of sp³-hybridized carbons (Fsp3) is 0.0625. The van der Waals surface area contributed by atoms with Gasteiger partial charge in [0.25, 0.3) is 10.1 Å². The van der Waals surface area contributed by atoms with Crippen molar-refractivity contribution in [2.75, 3.05) is 0 Å². The molecule has 6 aromatic rings. The molecule has 25 heteroatoms. The van der Waals surface area contributed by atoms with Crippen LogP contribution in [0.4, 0.5) is 34.1 Å². The van der Waals surface area contributed by atoms with Gasteiger partial charge in [-0.3, -0.25) is 24.8 Å². The molecule has 0 fully saturated rings. The first kappa shape index (κ1) is 43.3. The predicted octanol–water partition coefficient (Wildman–Crippen LogP) is 8.38. The molecule has 0 bridgehead atoms. The van der Waals surface area contributed by atoms with E-state index in [0.717, 1.165) is 10.7 Å². The van der Waals surface area contributed by atoms with Crippen molar-refractivity contribution in [1.82, 2.24) is 19.6 Å². The molecule has 0 aliphatic carbocycles. The normalized spacial score (nSPS) is 11.3. The Kier molecular flexibility index (Phi) is 13.3. The van der Waals surface area contributed by atoms with Gasteiger partial charge in [-0.1, -0.05) is 47.5 Å². The number of aromatic nitrogens is 4. The van der Waals surface area contributed by atoms with Gasteiger partial charge in [-0.2, -0.15) is 28.0 Å². The summed E-state index contributed by atoms with van der Waals surface area (Å²) in [7, 11) is -4.83. The van der Waals surface area contributed by atoms with E-state index in [0.29, 0.717) is 34.2 Å². The van der Waals surface area contributed by atoms with E-state index in [9.17, 15) is 49.1 Å². The molecular weight excluding hydrogens is 855 g/mol. The quantitative estimate of drug-likeness (QED) is 0.0395. The number of azo groups is 2. The van der Waals surface area contributed by atoms with Crippen LogP contribution in [0.3, 0.4) is 0 Å². The monoisotopic (exact) mass is 878 g/mol. The predicted molar refractivity (Wildman–Crippen MR) is 198 cm³/mol. The second-order valence-electron chi connectivity index (χ2n) is 11.1. The van der Waals surface area contributed by atoms with E-state index >= 15 is 0 Å². The molecule has 0 saturated carbocycles. The number of rotatable bonds is 9. The minimum atomic E-state index is -4.83. The molecule has 57 heavy (non-hydrogen) atoms. The average Bonchev–Trinajstić information content (AvgIpc) is 3.59. The van der Waals surface area contributed by atoms with Gasteiger partial charge in [0.1, 0.15) is 16.3 Å². The molecular formula is C32H24Cl2CrN10O11S. The second kappa shape index (κ2) is 17.5. The number of nitro groups is 2. The molecule has 0 atom stereocenters. The first-order valence-electron chi connectivity index (χ1n) is 15.2. The van der Waals surface area contributed by atoms with E-state index in [-0.39, 0.29) is 51.0 Å². The molecule has 0 saturated heterocycles. The number of phenols is 2. The van der Waals surface area contributed by atoms with Crippen LogP contribution >= 0.6 is 23.2 Å². The number of benzene rings is 4. The summed E-state index contributed by atoms with van der Waals surface area (Å²) in [5.41, 5.74) is -0.872. The van der Waals surface area contributed by atoms with Gasteiger partial charge < -0.3 is 20.4 Å². The molecule has 21 nitrogen and oxygen atoms in total. The van der Waals surface area contributed by atoms with Gasteiger partial charge in [0.15, 0.2) is 11.4 Å². The van der Waals surface area contributed by atoms with Crippen LogP contribution < -0.4 is 0 Å². The minimum Gasteiger partial charge on any atom is -0.501 e. The third-order valence-corrected chi connectivity index (χ3v) is 8.63. The molecule has 2 heterocycles. The Morgan fingerprint density at radius 1 is 0.649 bits per heavy atom. The van der Waals surface area contributed by atoms with E-state index in [1.54, 1.807) is 49.4 Å². The van der Waals surface area contributed by atoms with Crippen LogP contribution in [0.5, 0.6) is 23.3 Å². The van der Waals surface area contributed by atoms with Crippen molar-refractivity contribution < 1.29 is 60.6 Å². The molecule has 0 aliphatic heterocycles. The zero-order valence-electron chi connectivity index (χ0n) is 28.7. The van der Waals surface area contributed by atoms with Gasteiger partial charge in [0, 0.05) is 39.5 Å². The van der Waals surface area contributed by atoms with Gasteiger partial charge in [-0.25, -0.2) is 0 Å². The zero-order chi connectivity index (χ0) is 41.1. The molecule has 0 spiro atoms. The molecule has 2 aromatic heterocycles. The van der Waals surface area contributed by atoms with Crippen LogP contribution in [0.25, 0.3) is 11.4 Å². The van der Waals surface area contributed by atoms with Gasteiger partial charge in [-0.05, 0) is 56.3 Å². The van der Waals surface area contributed by atoms with Crippen molar-refractivity contribution in [3.8, 4) is 34.6 Å². The summed E-state index contributed by atoms with van der Waals surface area (Å²) >= 11 is 11.7. The zero-order valence-corrected chi connectivity index (χ0v) is 32.3. The van der Waals surface area contributed by atoms with Gasteiger partial charge in [-0.15, -0.1) is 20.5 Å². The van der Waals surface area contributed by atoms with Crippen LogP contribution in [0.2, 0.25) is 10.0 Å². The number of hydrogen-bond acceptors (Lipinski definition) is 16. The second-order valence-corrected chi connectivity index (χ2v) is 13.4. The third-order valence-electron chi connectivity index (χ3n) is 7.35. The standard InChI is InChI=1S/C16H12ClN5O7S.C16H12ClN5O4.Cr/c1-8-14(16(24)21(20-8)10-4-2-3-9(17)5-10)19-18-12-6-11(30(27,28)29)7-13(15(12)23)22(25)26;1-9-14(16(24)21(20-9)11-5-3-2-4-6-11)19-18-12-7-10(17)8-13(15(12)23)22(25)26;/h2-7,23-24H,1H3,(H,27,28,29);2-8,23-24H,1H3;. The fourth-order valence-corrected chi connectivity index (χ4v) is 5.63. The topological polar surface area (TPSA) is 307 Å². The molecule has 0 amide bonds. The Hall–Kier alpha value is -6.48. The van der Waals surface area contributed by atoms with Crippen LogP contribution in [0, 0.1) is 34.1 Å². The summed E-state index contributed by atoms with van der Waals surface area (Å²) in [6, 6.07) is 18.7. The molecule has 0 radical (unpaired) electrons. The molecule has 6 rings (SSSR count). The number of para-hydroxylation sites is 1. The summed E-state index contributed by atoms with van der Waals surface area (Å²) < 4.78 is 34.3. The van der Waals surface area contributed by atoms with Crippen LogP contribution in [0.1, 0.15) is 11.4 Å². The molecule has 5 N–H and O–H groups in total.